The highest BCUT2D eigenvalue weighted by atomic mass is 35.5. The van der Waals surface area contributed by atoms with Gasteiger partial charge in [-0.1, -0.05) is 23.7 Å². The zero-order valence-electron chi connectivity index (χ0n) is 11.9. The molecule has 0 radical (unpaired) electrons. The monoisotopic (exact) mass is 331 g/mol. The topological polar surface area (TPSA) is 67.7 Å². The molecule has 1 aliphatic heterocycles. The second-order valence-electron chi connectivity index (χ2n) is 5.60. The molecule has 1 aromatic rings. The summed E-state index contributed by atoms with van der Waals surface area (Å²) < 4.78 is 22.7. The Labute approximate surface area is 130 Å². The first kappa shape index (κ1) is 16.3. The van der Waals surface area contributed by atoms with E-state index in [0.717, 1.165) is 10.5 Å². The van der Waals surface area contributed by atoms with Crippen molar-refractivity contribution in [2.75, 3.05) is 25.1 Å². The zero-order valence-corrected chi connectivity index (χ0v) is 13.5. The first-order valence-corrected chi connectivity index (χ1v) is 9.09. The van der Waals surface area contributed by atoms with Gasteiger partial charge in [0.15, 0.2) is 16.4 Å². The Morgan fingerprint density at radius 2 is 2.05 bits per heavy atom. The molecule has 1 unspecified atom stereocenters. The van der Waals surface area contributed by atoms with Gasteiger partial charge in [0, 0.05) is 16.6 Å². The van der Waals surface area contributed by atoms with Gasteiger partial charge in [-0.15, -0.1) is 0 Å². The molecule has 2 atom stereocenters. The van der Waals surface area contributed by atoms with E-state index in [1.807, 2.05) is 31.3 Å². The molecule has 2 rings (SSSR count). The van der Waals surface area contributed by atoms with Crippen LogP contribution < -0.4 is 10.2 Å². The van der Waals surface area contributed by atoms with Crippen molar-refractivity contribution in [1.82, 2.24) is 5.32 Å². The molecule has 1 fully saturated rings. The molecular formula is C14H20ClN2O3S+. The van der Waals surface area contributed by atoms with Crippen molar-refractivity contribution in [2.24, 2.45) is 0 Å². The third-order valence-electron chi connectivity index (χ3n) is 3.48. The van der Waals surface area contributed by atoms with Gasteiger partial charge in [0.2, 0.25) is 0 Å². The third-order valence-corrected chi connectivity index (χ3v) is 5.50. The molecule has 1 saturated heterocycles. The molecule has 2 N–H and O–H groups in total. The Hall–Kier alpha value is -1.11. The van der Waals surface area contributed by atoms with Gasteiger partial charge in [0.1, 0.15) is 6.54 Å². The Kier molecular flexibility index (Phi) is 5.24. The van der Waals surface area contributed by atoms with Gasteiger partial charge < -0.3 is 10.2 Å². The summed E-state index contributed by atoms with van der Waals surface area (Å²) in [7, 11) is -1.03. The largest absolute Gasteiger partial charge is 0.347 e. The second-order valence-corrected chi connectivity index (χ2v) is 8.27. The summed E-state index contributed by atoms with van der Waals surface area (Å²) in [6.45, 7) is 1.03. The molecule has 1 aliphatic rings. The van der Waals surface area contributed by atoms with Crippen LogP contribution >= 0.6 is 11.6 Å². The summed E-state index contributed by atoms with van der Waals surface area (Å²) in [6, 6.07) is 7.30. The first-order valence-electron chi connectivity index (χ1n) is 6.89. The number of likely N-dealkylation sites (N-methyl/N-ethyl adjacent to an activating group) is 1. The highest BCUT2D eigenvalue weighted by molar-refractivity contribution is 7.91. The minimum Gasteiger partial charge on any atom is -0.347 e. The van der Waals surface area contributed by atoms with E-state index in [-0.39, 0.29) is 23.5 Å². The summed E-state index contributed by atoms with van der Waals surface area (Å²) in [4.78, 5) is 13.0. The Balaban J connectivity index is 1.78. The highest BCUT2D eigenvalue weighted by Gasteiger charge is 2.29. The van der Waals surface area contributed by atoms with E-state index in [0.29, 0.717) is 24.5 Å². The average molecular weight is 332 g/mol. The number of sulfone groups is 1. The van der Waals surface area contributed by atoms with E-state index in [9.17, 15) is 13.2 Å². The second kappa shape index (κ2) is 6.77. The normalized spacial score (nSPS) is 21.9. The number of hydrogen-bond donors (Lipinski definition) is 2. The summed E-state index contributed by atoms with van der Waals surface area (Å²) >= 11 is 5.83. The maximum atomic E-state index is 11.9. The lowest BCUT2D eigenvalue weighted by molar-refractivity contribution is -0.885. The lowest BCUT2D eigenvalue weighted by atomic mass is 10.2. The van der Waals surface area contributed by atoms with Crippen molar-refractivity contribution in [3.05, 3.63) is 34.9 Å². The van der Waals surface area contributed by atoms with Crippen LogP contribution in [0.3, 0.4) is 0 Å². The van der Waals surface area contributed by atoms with Crippen molar-refractivity contribution in [3.63, 3.8) is 0 Å². The van der Waals surface area contributed by atoms with Gasteiger partial charge in [-0.25, -0.2) is 8.42 Å². The lowest BCUT2D eigenvalue weighted by Crippen LogP contribution is -3.09. The molecule has 0 bridgehead atoms. The van der Waals surface area contributed by atoms with Crippen molar-refractivity contribution in [2.45, 2.75) is 19.0 Å². The van der Waals surface area contributed by atoms with Gasteiger partial charge in [-0.2, -0.15) is 0 Å². The van der Waals surface area contributed by atoms with Crippen LogP contribution in [-0.4, -0.2) is 45.5 Å². The van der Waals surface area contributed by atoms with Crippen LogP contribution in [0.2, 0.25) is 5.02 Å². The van der Waals surface area contributed by atoms with Gasteiger partial charge in [0.05, 0.1) is 18.6 Å². The van der Waals surface area contributed by atoms with Gasteiger partial charge >= 0.3 is 0 Å². The van der Waals surface area contributed by atoms with Crippen LogP contribution in [0.5, 0.6) is 0 Å². The predicted octanol–water partition coefficient (Wildman–Crippen LogP) is -0.342. The molecule has 21 heavy (non-hydrogen) atoms. The Bertz CT molecular complexity index is 601. The van der Waals surface area contributed by atoms with Crippen molar-refractivity contribution in [1.29, 1.82) is 0 Å². The number of quaternary nitrogens is 1. The quantitative estimate of drug-likeness (QED) is 0.775. The zero-order chi connectivity index (χ0) is 15.5. The average Bonchev–Trinajstić information content (AvgIpc) is 2.71. The van der Waals surface area contributed by atoms with E-state index in [2.05, 4.69) is 5.32 Å². The molecule has 1 aromatic carbocycles. The summed E-state index contributed by atoms with van der Waals surface area (Å²) in [5.74, 6) is 0.129. The van der Waals surface area contributed by atoms with Crippen LogP contribution in [0.4, 0.5) is 0 Å². The minimum atomic E-state index is -2.96. The Morgan fingerprint density at radius 1 is 1.38 bits per heavy atom. The van der Waals surface area contributed by atoms with E-state index in [1.54, 1.807) is 0 Å². The molecular weight excluding hydrogens is 312 g/mol. The predicted molar refractivity (Wildman–Crippen MR) is 82.1 cm³/mol. The number of halogens is 1. The van der Waals surface area contributed by atoms with E-state index < -0.39 is 9.84 Å². The number of hydrogen-bond acceptors (Lipinski definition) is 3. The summed E-state index contributed by atoms with van der Waals surface area (Å²) in [5, 5.41) is 3.49. The van der Waals surface area contributed by atoms with Crippen LogP contribution in [0.25, 0.3) is 0 Å². The molecule has 116 valence electrons. The standard InChI is InChI=1S/C14H19ClN2O3S/c1-17(8-11-2-4-12(15)5-3-11)9-14(18)16-13-6-7-21(19,20)10-13/h2-5,13H,6-10H2,1H3,(H,16,18)/p+1/t13-/m0/s1. The maximum absolute atomic E-state index is 11.9. The lowest BCUT2D eigenvalue weighted by Gasteiger charge is -2.16. The Morgan fingerprint density at radius 3 is 2.62 bits per heavy atom. The number of amides is 1. The number of carbonyl (C=O) groups is 1. The molecule has 1 amide bonds. The highest BCUT2D eigenvalue weighted by Crippen LogP contribution is 2.11. The molecule has 0 spiro atoms. The molecule has 0 aliphatic carbocycles. The van der Waals surface area contributed by atoms with E-state index in [4.69, 9.17) is 11.6 Å². The van der Waals surface area contributed by atoms with Gasteiger partial charge in [-0.3, -0.25) is 4.79 Å². The summed E-state index contributed by atoms with van der Waals surface area (Å²) in [6.07, 6.45) is 0.518. The molecule has 5 nitrogen and oxygen atoms in total. The smallest absolute Gasteiger partial charge is 0.275 e. The van der Waals surface area contributed by atoms with Gasteiger partial charge in [-0.05, 0) is 18.6 Å². The molecule has 1 heterocycles. The number of benzene rings is 1. The van der Waals surface area contributed by atoms with Crippen molar-refractivity contribution < 1.29 is 18.1 Å². The first-order chi connectivity index (χ1) is 9.84. The van der Waals surface area contributed by atoms with E-state index in [1.165, 1.54) is 0 Å². The molecule has 7 heteroatoms. The fourth-order valence-electron chi connectivity index (χ4n) is 2.47. The summed E-state index contributed by atoms with van der Waals surface area (Å²) in [5.41, 5.74) is 1.10. The van der Waals surface area contributed by atoms with Crippen LogP contribution in [0.1, 0.15) is 12.0 Å². The molecule has 0 saturated carbocycles. The fraction of sp³-hybridized carbons (Fsp3) is 0.500. The minimum absolute atomic E-state index is 0.0645. The fourth-order valence-corrected chi connectivity index (χ4v) is 4.27. The number of nitrogens with one attached hydrogen (secondary N) is 2. The van der Waals surface area contributed by atoms with E-state index >= 15 is 0 Å². The van der Waals surface area contributed by atoms with Crippen molar-refractivity contribution >= 4 is 27.3 Å². The van der Waals surface area contributed by atoms with Gasteiger partial charge in [0.25, 0.3) is 5.91 Å². The molecule has 0 aromatic heterocycles. The van der Waals surface area contributed by atoms with Crippen LogP contribution in [-0.2, 0) is 21.2 Å². The maximum Gasteiger partial charge on any atom is 0.275 e. The van der Waals surface area contributed by atoms with Crippen molar-refractivity contribution in [3.8, 4) is 0 Å². The SMILES string of the molecule is C[NH+](CC(=O)N[C@H]1CCS(=O)(=O)C1)Cc1ccc(Cl)cc1. The van der Waals surface area contributed by atoms with Crippen LogP contribution in [0, 0.1) is 0 Å². The third kappa shape index (κ3) is 5.30. The van der Waals surface area contributed by atoms with Crippen LogP contribution in [0.15, 0.2) is 24.3 Å². The number of carbonyl (C=O) groups excluding carboxylic acids is 1. The number of rotatable bonds is 5.